The van der Waals surface area contributed by atoms with Gasteiger partial charge in [0.15, 0.2) is 0 Å². The predicted octanol–water partition coefficient (Wildman–Crippen LogP) is 7.33. The van der Waals surface area contributed by atoms with Gasteiger partial charge in [0, 0.05) is 12.2 Å². The van der Waals surface area contributed by atoms with Crippen molar-refractivity contribution in [2.45, 2.75) is 17.6 Å². The highest BCUT2D eigenvalue weighted by molar-refractivity contribution is 5.92. The van der Waals surface area contributed by atoms with E-state index in [2.05, 4.69) is 110 Å². The van der Waals surface area contributed by atoms with E-state index in [1.165, 1.54) is 22.3 Å². The summed E-state index contributed by atoms with van der Waals surface area (Å²) >= 11 is 0. The van der Waals surface area contributed by atoms with Crippen LogP contribution < -0.4 is 9.47 Å². The van der Waals surface area contributed by atoms with E-state index in [1.54, 1.807) is 0 Å². The Kier molecular flexibility index (Phi) is 13.1. The van der Waals surface area contributed by atoms with Crippen molar-refractivity contribution in [3.05, 3.63) is 169 Å². The largest absolute Gasteiger partial charge is 0.491 e. The molecule has 10 heteroatoms. The van der Waals surface area contributed by atoms with Crippen LogP contribution >= 0.6 is 0 Å². The smallest absolute Gasteiger partial charge is 0.330 e. The zero-order valence-corrected chi connectivity index (χ0v) is 32.6. The second-order valence-electron chi connectivity index (χ2n) is 14.1. The summed E-state index contributed by atoms with van der Waals surface area (Å²) in [5.41, 5.74) is 6.53. The van der Waals surface area contributed by atoms with Crippen molar-refractivity contribution in [2.24, 2.45) is 0 Å². The number of hydrogen-bond donors (Lipinski definition) is 2. The molecule has 6 aromatic rings. The fraction of sp³-hybridized carbons (Fsp3) is 0.224. The monoisotopic (exact) mass is 794 g/mol. The van der Waals surface area contributed by atoms with E-state index >= 15 is 0 Å². The molecule has 10 nitrogen and oxygen atoms in total. The Balaban J connectivity index is 1.10. The van der Waals surface area contributed by atoms with Gasteiger partial charge in [-0.15, -0.1) is 0 Å². The van der Waals surface area contributed by atoms with Gasteiger partial charge in [0.05, 0.1) is 31.8 Å². The fourth-order valence-corrected chi connectivity index (χ4v) is 7.56. The zero-order valence-electron chi connectivity index (χ0n) is 32.6. The third kappa shape index (κ3) is 9.22. The molecule has 0 radical (unpaired) electrons. The van der Waals surface area contributed by atoms with Crippen LogP contribution in [-0.4, -0.2) is 87.2 Å². The maximum absolute atomic E-state index is 11.2. The molecule has 59 heavy (non-hydrogen) atoms. The van der Waals surface area contributed by atoms with Gasteiger partial charge in [-0.3, -0.25) is 0 Å². The summed E-state index contributed by atoms with van der Waals surface area (Å²) in [5, 5.41) is 24.1. The predicted molar refractivity (Wildman–Crippen MR) is 226 cm³/mol. The van der Waals surface area contributed by atoms with Crippen molar-refractivity contribution in [3.63, 3.8) is 0 Å². The number of aliphatic hydroxyl groups excluding tert-OH is 2. The maximum Gasteiger partial charge on any atom is 0.330 e. The summed E-state index contributed by atoms with van der Waals surface area (Å²) < 4.78 is 32.7. The molecular weight excluding hydrogens is 749 g/mol. The summed E-state index contributed by atoms with van der Waals surface area (Å²) in [6.45, 7) is 7.44. The highest BCUT2D eigenvalue weighted by atomic mass is 16.6. The van der Waals surface area contributed by atoms with Crippen LogP contribution in [0.3, 0.4) is 0 Å². The van der Waals surface area contributed by atoms with Gasteiger partial charge in [-0.05, 0) is 91.3 Å². The van der Waals surface area contributed by atoms with Crippen molar-refractivity contribution in [1.29, 1.82) is 0 Å². The SMILES string of the molecule is C=CC(=O)OCC(O)COCCOc1ccc2cc(C3(c4ccc5cc(OCCOCC(O)COC(=O)C=C)ccc5c4)c4ccccc4-c4ccccc43)ccc2c1. The second-order valence-corrected chi connectivity index (χ2v) is 14.1. The summed E-state index contributed by atoms with van der Waals surface area (Å²) in [6.07, 6.45) is 0.218. The van der Waals surface area contributed by atoms with Gasteiger partial charge in [-0.25, -0.2) is 9.59 Å². The third-order valence-electron chi connectivity index (χ3n) is 10.2. The van der Waals surface area contributed by atoms with Crippen LogP contribution in [0.2, 0.25) is 0 Å². The van der Waals surface area contributed by atoms with Crippen LogP contribution in [0.4, 0.5) is 0 Å². The first-order valence-electron chi connectivity index (χ1n) is 19.4. The zero-order chi connectivity index (χ0) is 41.2. The quantitative estimate of drug-likeness (QED) is 0.0460. The molecular formula is C49H46O10. The Morgan fingerprint density at radius 2 is 0.932 bits per heavy atom. The molecule has 0 aliphatic heterocycles. The molecule has 0 saturated carbocycles. The molecule has 0 fully saturated rings. The normalized spacial score (nSPS) is 13.5. The molecule has 6 aromatic carbocycles. The summed E-state index contributed by atoms with van der Waals surface area (Å²) in [4.78, 5) is 22.4. The first kappa shape index (κ1) is 40.9. The molecule has 0 bridgehead atoms. The number of ether oxygens (including phenoxy) is 6. The van der Waals surface area contributed by atoms with Gasteiger partial charge in [-0.1, -0.05) is 98.1 Å². The van der Waals surface area contributed by atoms with Crippen LogP contribution in [0.1, 0.15) is 22.3 Å². The summed E-state index contributed by atoms with van der Waals surface area (Å²) in [7, 11) is 0. The Morgan fingerprint density at radius 3 is 1.37 bits per heavy atom. The average molecular weight is 795 g/mol. The van der Waals surface area contributed by atoms with Gasteiger partial charge in [0.1, 0.15) is 50.1 Å². The van der Waals surface area contributed by atoms with Crippen molar-refractivity contribution in [3.8, 4) is 22.6 Å². The number of rotatable bonds is 20. The van der Waals surface area contributed by atoms with Gasteiger partial charge in [0.2, 0.25) is 0 Å². The number of hydrogen-bond acceptors (Lipinski definition) is 10. The van der Waals surface area contributed by atoms with Gasteiger partial charge in [0.25, 0.3) is 0 Å². The van der Waals surface area contributed by atoms with Crippen LogP contribution in [0.25, 0.3) is 32.7 Å². The van der Waals surface area contributed by atoms with Crippen LogP contribution in [-0.2, 0) is 34.0 Å². The number of carbonyl (C=O) groups excluding carboxylic acids is 2. The Morgan fingerprint density at radius 1 is 0.525 bits per heavy atom. The first-order chi connectivity index (χ1) is 28.8. The topological polar surface area (TPSA) is 130 Å². The fourth-order valence-electron chi connectivity index (χ4n) is 7.56. The summed E-state index contributed by atoms with van der Waals surface area (Å²) in [6, 6.07) is 42.6. The molecule has 1 aliphatic rings. The first-order valence-corrected chi connectivity index (χ1v) is 19.4. The molecule has 0 heterocycles. The minimum absolute atomic E-state index is 0.0130. The van der Waals surface area contributed by atoms with Crippen LogP contribution in [0.5, 0.6) is 11.5 Å². The molecule has 2 atom stereocenters. The number of fused-ring (bicyclic) bond motifs is 5. The van der Waals surface area contributed by atoms with Gasteiger partial charge >= 0.3 is 11.9 Å². The number of aliphatic hydroxyl groups is 2. The van der Waals surface area contributed by atoms with Gasteiger partial charge < -0.3 is 38.6 Å². The Bertz CT molecular complexity index is 2290. The van der Waals surface area contributed by atoms with Gasteiger partial charge in [-0.2, -0.15) is 0 Å². The molecule has 2 N–H and O–H groups in total. The summed E-state index contributed by atoms with van der Waals surface area (Å²) in [5.74, 6) is 0.216. The van der Waals surface area contributed by atoms with Crippen molar-refractivity contribution >= 4 is 33.5 Å². The number of esters is 2. The Hall–Kier alpha value is -6.30. The Labute approximate surface area is 342 Å². The highest BCUT2D eigenvalue weighted by Crippen LogP contribution is 2.56. The molecule has 0 saturated heterocycles. The standard InChI is InChI=1S/C49H46O10/c1-3-47(52)58-31-39(50)29-54-21-23-56-41-19-15-33-25-37(17-13-35(33)27-41)49(45-11-7-5-9-43(45)44-10-6-8-12-46(44)49)38-18-14-36-28-42(20-16-34(36)26-38)57-24-22-55-30-40(51)32-59-48(53)4-2/h3-20,25-28,39-40,50-51H,1-2,21-24,29-32H2. The maximum atomic E-state index is 11.2. The molecule has 0 aromatic heterocycles. The second kappa shape index (κ2) is 19.0. The van der Waals surface area contributed by atoms with E-state index in [1.807, 2.05) is 24.3 Å². The third-order valence-corrected chi connectivity index (χ3v) is 10.2. The lowest BCUT2D eigenvalue weighted by atomic mass is 9.67. The number of benzene rings is 6. The lowest BCUT2D eigenvalue weighted by Gasteiger charge is -2.34. The van der Waals surface area contributed by atoms with E-state index in [-0.39, 0.29) is 52.9 Å². The molecule has 0 amide bonds. The minimum Gasteiger partial charge on any atom is -0.491 e. The molecule has 302 valence electrons. The molecule has 2 unspecified atom stereocenters. The minimum atomic E-state index is -0.937. The van der Waals surface area contributed by atoms with E-state index < -0.39 is 29.6 Å². The van der Waals surface area contributed by atoms with E-state index in [4.69, 9.17) is 28.4 Å². The molecule has 1 aliphatic carbocycles. The van der Waals surface area contributed by atoms with Crippen LogP contribution in [0.15, 0.2) is 147 Å². The van der Waals surface area contributed by atoms with Crippen molar-refractivity contribution in [1.82, 2.24) is 0 Å². The van der Waals surface area contributed by atoms with E-state index in [9.17, 15) is 19.8 Å². The molecule has 0 spiro atoms. The average Bonchev–Trinajstić information content (AvgIpc) is 3.57. The highest BCUT2D eigenvalue weighted by Gasteiger charge is 2.46. The lowest BCUT2D eigenvalue weighted by molar-refractivity contribution is -0.142. The van der Waals surface area contributed by atoms with Crippen molar-refractivity contribution in [2.75, 3.05) is 52.9 Å². The van der Waals surface area contributed by atoms with Crippen LogP contribution in [0, 0.1) is 0 Å². The number of carbonyl (C=O) groups is 2. The van der Waals surface area contributed by atoms with E-state index in [0.717, 1.165) is 44.8 Å². The lowest BCUT2D eigenvalue weighted by Crippen LogP contribution is -2.28. The van der Waals surface area contributed by atoms with Crippen molar-refractivity contribution < 1.29 is 48.2 Å². The van der Waals surface area contributed by atoms with E-state index in [0.29, 0.717) is 11.5 Å². The molecule has 7 rings (SSSR count).